The summed E-state index contributed by atoms with van der Waals surface area (Å²) in [6.45, 7) is 0.855. The summed E-state index contributed by atoms with van der Waals surface area (Å²) in [5, 5.41) is 20.8. The topological polar surface area (TPSA) is 81.6 Å². The molecule has 5 nitrogen and oxygen atoms in total. The molecular formula is C19H22N2O3. The average molecular weight is 326 g/mol. The Bertz CT molecular complexity index is 699. The Hall–Kier alpha value is -2.63. The second-order valence-corrected chi connectivity index (χ2v) is 5.40. The zero-order chi connectivity index (χ0) is 17.2. The zero-order valence-electron chi connectivity index (χ0n) is 13.4. The first-order valence-corrected chi connectivity index (χ1v) is 7.86. The summed E-state index contributed by atoms with van der Waals surface area (Å²) in [4.78, 5) is 11.1. The summed E-state index contributed by atoms with van der Waals surface area (Å²) >= 11 is 0. The van der Waals surface area contributed by atoms with Crippen LogP contribution in [0, 0.1) is 0 Å². The number of benzene rings is 2. The van der Waals surface area contributed by atoms with Gasteiger partial charge in [-0.25, -0.2) is 5.48 Å². The van der Waals surface area contributed by atoms with E-state index >= 15 is 0 Å². The number of carbonyl (C=O) groups excluding carboxylic acids is 1. The van der Waals surface area contributed by atoms with Gasteiger partial charge in [-0.15, -0.1) is 0 Å². The molecule has 126 valence electrons. The smallest absolute Gasteiger partial charge is 0.267 e. The number of amides is 1. The Labute approximate surface area is 141 Å². The number of nitrogens with one attached hydrogen (secondary N) is 2. The second-order valence-electron chi connectivity index (χ2n) is 5.40. The van der Waals surface area contributed by atoms with Gasteiger partial charge in [0.25, 0.3) is 5.91 Å². The van der Waals surface area contributed by atoms with Crippen molar-refractivity contribution in [1.29, 1.82) is 0 Å². The highest BCUT2D eigenvalue weighted by Crippen LogP contribution is 2.18. The number of para-hydroxylation sites is 1. The number of aryl methyl sites for hydroxylation is 1. The van der Waals surface area contributed by atoms with Crippen molar-refractivity contribution in [3.05, 3.63) is 71.3 Å². The molecule has 2 rings (SSSR count). The predicted octanol–water partition coefficient (Wildman–Crippen LogP) is 2.74. The number of aliphatic hydroxyl groups is 1. The maximum Gasteiger partial charge on any atom is 0.267 e. The number of hydroxylamine groups is 1. The van der Waals surface area contributed by atoms with Crippen molar-refractivity contribution < 1.29 is 15.1 Å². The van der Waals surface area contributed by atoms with Gasteiger partial charge in [-0.05, 0) is 41.7 Å². The maximum atomic E-state index is 11.1. The molecule has 0 saturated carbocycles. The lowest BCUT2D eigenvalue weighted by atomic mass is 10.1. The highest BCUT2D eigenvalue weighted by Gasteiger charge is 2.01. The van der Waals surface area contributed by atoms with Gasteiger partial charge in [-0.3, -0.25) is 10.0 Å². The van der Waals surface area contributed by atoms with Crippen molar-refractivity contribution in [1.82, 2.24) is 5.48 Å². The molecular weight excluding hydrogens is 304 g/mol. The Balaban J connectivity index is 2.04. The molecule has 0 radical (unpaired) electrons. The standard InChI is InChI=1S/C19H22N2O3/c22-12-4-7-15-5-3-6-16(13-15)14-20-18-9-2-1-8-17(18)10-11-19(23)21-24/h1-3,5-6,8-11,13,20,22,24H,4,7,12,14H2,(H,21,23)/b11-10+. The molecule has 2 aromatic rings. The maximum absolute atomic E-state index is 11.1. The van der Waals surface area contributed by atoms with Crippen molar-refractivity contribution in [2.24, 2.45) is 0 Å². The fourth-order valence-electron chi connectivity index (χ4n) is 2.38. The summed E-state index contributed by atoms with van der Waals surface area (Å²) in [6, 6.07) is 15.9. The molecule has 0 heterocycles. The van der Waals surface area contributed by atoms with E-state index in [1.165, 1.54) is 11.6 Å². The molecule has 0 aliphatic heterocycles. The molecule has 0 fully saturated rings. The van der Waals surface area contributed by atoms with Crippen LogP contribution in [0.2, 0.25) is 0 Å². The van der Waals surface area contributed by atoms with E-state index in [0.29, 0.717) is 6.54 Å². The third kappa shape index (κ3) is 5.53. The highest BCUT2D eigenvalue weighted by molar-refractivity contribution is 5.91. The third-order valence-corrected chi connectivity index (χ3v) is 3.58. The Morgan fingerprint density at radius 3 is 2.67 bits per heavy atom. The SMILES string of the molecule is O=C(/C=C/c1ccccc1NCc1cccc(CCCO)c1)NO. The van der Waals surface area contributed by atoms with Gasteiger partial charge in [0.2, 0.25) is 0 Å². The van der Waals surface area contributed by atoms with Crippen LogP contribution >= 0.6 is 0 Å². The molecule has 0 aliphatic carbocycles. The van der Waals surface area contributed by atoms with E-state index in [1.807, 2.05) is 36.4 Å². The van der Waals surface area contributed by atoms with Crippen LogP contribution in [-0.2, 0) is 17.8 Å². The lowest BCUT2D eigenvalue weighted by Gasteiger charge is -2.11. The van der Waals surface area contributed by atoms with Crippen molar-refractivity contribution in [2.75, 3.05) is 11.9 Å². The zero-order valence-corrected chi connectivity index (χ0v) is 13.4. The molecule has 0 saturated heterocycles. The predicted molar refractivity (Wildman–Crippen MR) is 94.6 cm³/mol. The van der Waals surface area contributed by atoms with E-state index in [4.69, 9.17) is 10.3 Å². The van der Waals surface area contributed by atoms with Gasteiger partial charge < -0.3 is 10.4 Å². The van der Waals surface area contributed by atoms with Gasteiger partial charge in [0, 0.05) is 24.9 Å². The van der Waals surface area contributed by atoms with Crippen LogP contribution < -0.4 is 10.8 Å². The Kier molecular flexibility index (Phi) is 7.01. The van der Waals surface area contributed by atoms with E-state index in [0.717, 1.165) is 29.7 Å². The van der Waals surface area contributed by atoms with Crippen LogP contribution in [0.15, 0.2) is 54.6 Å². The van der Waals surface area contributed by atoms with E-state index in [9.17, 15) is 4.79 Å². The van der Waals surface area contributed by atoms with E-state index in [-0.39, 0.29) is 6.61 Å². The van der Waals surface area contributed by atoms with Crippen molar-refractivity contribution in [3.8, 4) is 0 Å². The molecule has 0 unspecified atom stereocenters. The van der Waals surface area contributed by atoms with Gasteiger partial charge in [0.05, 0.1) is 0 Å². The van der Waals surface area contributed by atoms with Gasteiger partial charge in [0.15, 0.2) is 0 Å². The van der Waals surface area contributed by atoms with Gasteiger partial charge in [-0.1, -0.05) is 42.5 Å². The number of hydrogen-bond donors (Lipinski definition) is 4. The minimum Gasteiger partial charge on any atom is -0.396 e. The van der Waals surface area contributed by atoms with Crippen LogP contribution in [0.1, 0.15) is 23.1 Å². The van der Waals surface area contributed by atoms with Crippen molar-refractivity contribution >= 4 is 17.7 Å². The monoisotopic (exact) mass is 326 g/mol. The van der Waals surface area contributed by atoms with Crippen LogP contribution in [0.5, 0.6) is 0 Å². The number of aliphatic hydroxyl groups excluding tert-OH is 1. The molecule has 24 heavy (non-hydrogen) atoms. The number of hydrogen-bond acceptors (Lipinski definition) is 4. The number of rotatable bonds is 8. The lowest BCUT2D eigenvalue weighted by molar-refractivity contribution is -0.124. The van der Waals surface area contributed by atoms with Crippen LogP contribution in [0.3, 0.4) is 0 Å². The second kappa shape index (κ2) is 9.50. The van der Waals surface area contributed by atoms with Crippen LogP contribution in [0.25, 0.3) is 6.08 Å². The first-order chi connectivity index (χ1) is 11.7. The molecule has 1 amide bonds. The fourth-order valence-corrected chi connectivity index (χ4v) is 2.38. The molecule has 2 aromatic carbocycles. The number of carbonyl (C=O) groups is 1. The lowest BCUT2D eigenvalue weighted by Crippen LogP contribution is -2.14. The average Bonchev–Trinajstić information content (AvgIpc) is 2.63. The Morgan fingerprint density at radius 1 is 1.08 bits per heavy atom. The van der Waals surface area contributed by atoms with E-state index in [1.54, 1.807) is 11.6 Å². The highest BCUT2D eigenvalue weighted by atomic mass is 16.5. The minimum atomic E-state index is -0.568. The third-order valence-electron chi connectivity index (χ3n) is 3.58. The molecule has 0 aromatic heterocycles. The minimum absolute atomic E-state index is 0.198. The van der Waals surface area contributed by atoms with Crippen molar-refractivity contribution in [2.45, 2.75) is 19.4 Å². The number of anilines is 1. The molecule has 4 N–H and O–H groups in total. The molecule has 5 heteroatoms. The summed E-state index contributed by atoms with van der Waals surface area (Å²) < 4.78 is 0. The van der Waals surface area contributed by atoms with Crippen molar-refractivity contribution in [3.63, 3.8) is 0 Å². The van der Waals surface area contributed by atoms with Crippen LogP contribution in [-0.4, -0.2) is 22.8 Å². The largest absolute Gasteiger partial charge is 0.396 e. The van der Waals surface area contributed by atoms with Gasteiger partial charge in [-0.2, -0.15) is 0 Å². The van der Waals surface area contributed by atoms with Gasteiger partial charge in [0.1, 0.15) is 0 Å². The quantitative estimate of drug-likeness (QED) is 0.341. The van der Waals surface area contributed by atoms with E-state index < -0.39 is 5.91 Å². The van der Waals surface area contributed by atoms with Gasteiger partial charge >= 0.3 is 0 Å². The Morgan fingerprint density at radius 2 is 1.88 bits per heavy atom. The van der Waals surface area contributed by atoms with Crippen LogP contribution in [0.4, 0.5) is 5.69 Å². The summed E-state index contributed by atoms with van der Waals surface area (Å²) in [5.74, 6) is -0.568. The molecule has 0 bridgehead atoms. The first-order valence-electron chi connectivity index (χ1n) is 7.86. The molecule has 0 atom stereocenters. The summed E-state index contributed by atoms with van der Waals surface area (Å²) in [6.07, 6.45) is 4.54. The normalized spacial score (nSPS) is 10.8. The van der Waals surface area contributed by atoms with E-state index in [2.05, 4.69) is 17.4 Å². The fraction of sp³-hybridized carbons (Fsp3) is 0.211. The summed E-state index contributed by atoms with van der Waals surface area (Å²) in [5.41, 5.74) is 5.69. The molecule has 0 aliphatic rings. The first kappa shape index (κ1) is 17.7. The molecule has 0 spiro atoms. The summed E-state index contributed by atoms with van der Waals surface area (Å²) in [7, 11) is 0.